The molecule has 0 aromatic heterocycles. The summed E-state index contributed by atoms with van der Waals surface area (Å²) in [5.41, 5.74) is 1.67. The molecule has 2 amide bonds. The van der Waals surface area contributed by atoms with Gasteiger partial charge in [0, 0.05) is 28.2 Å². The van der Waals surface area contributed by atoms with Crippen LogP contribution >= 0.6 is 23.2 Å². The van der Waals surface area contributed by atoms with Crippen molar-refractivity contribution >= 4 is 50.7 Å². The van der Waals surface area contributed by atoms with Crippen molar-refractivity contribution in [2.75, 3.05) is 18.0 Å². The monoisotopic (exact) mass is 605 g/mol. The number of hydrogen-bond acceptors (Lipinski definition) is 5. The highest BCUT2D eigenvalue weighted by Gasteiger charge is 2.33. The summed E-state index contributed by atoms with van der Waals surface area (Å²) in [6.45, 7) is 6.40. The lowest BCUT2D eigenvalue weighted by atomic mass is 10.1. The zero-order chi connectivity index (χ0) is 29.6. The van der Waals surface area contributed by atoms with E-state index in [4.69, 9.17) is 27.9 Å². The van der Waals surface area contributed by atoms with Crippen LogP contribution < -0.4 is 14.4 Å². The molecule has 0 aliphatic carbocycles. The second kappa shape index (κ2) is 13.4. The largest absolute Gasteiger partial charge is 0.497 e. The van der Waals surface area contributed by atoms with Gasteiger partial charge in [-0.2, -0.15) is 0 Å². The number of rotatable bonds is 11. The molecule has 0 bridgehead atoms. The number of anilines is 1. The van der Waals surface area contributed by atoms with Gasteiger partial charge in [-0.25, -0.2) is 8.42 Å². The summed E-state index contributed by atoms with van der Waals surface area (Å²) in [6, 6.07) is 16.5. The van der Waals surface area contributed by atoms with E-state index in [1.807, 2.05) is 20.8 Å². The predicted molar refractivity (Wildman–Crippen MR) is 158 cm³/mol. The SMILES string of the molecule is COc1ccc(S(=O)(=O)N(CC(=O)N(Cc2c(Cl)cccc2Cl)C(C)C(=O)NC(C)C)c2ccc(C)cc2)cc1. The van der Waals surface area contributed by atoms with E-state index in [1.54, 1.807) is 49.4 Å². The highest BCUT2D eigenvalue weighted by Crippen LogP contribution is 2.29. The summed E-state index contributed by atoms with van der Waals surface area (Å²) in [6.07, 6.45) is 0. The van der Waals surface area contributed by atoms with E-state index < -0.39 is 34.4 Å². The molecule has 1 atom stereocenters. The minimum absolute atomic E-state index is 0.0204. The fourth-order valence-electron chi connectivity index (χ4n) is 3.96. The van der Waals surface area contributed by atoms with E-state index in [9.17, 15) is 18.0 Å². The number of halogens is 2. The zero-order valence-electron chi connectivity index (χ0n) is 23.0. The van der Waals surface area contributed by atoms with Crippen molar-refractivity contribution in [3.63, 3.8) is 0 Å². The van der Waals surface area contributed by atoms with Crippen LogP contribution in [0.15, 0.2) is 71.6 Å². The van der Waals surface area contributed by atoms with E-state index in [2.05, 4.69) is 5.32 Å². The van der Waals surface area contributed by atoms with E-state index in [-0.39, 0.29) is 17.5 Å². The molecule has 0 saturated carbocycles. The van der Waals surface area contributed by atoms with Gasteiger partial charge in [-0.05, 0) is 76.2 Å². The first-order chi connectivity index (χ1) is 18.8. The molecular formula is C29H33Cl2N3O5S. The molecule has 0 spiro atoms. The molecule has 8 nitrogen and oxygen atoms in total. The van der Waals surface area contributed by atoms with E-state index in [0.717, 1.165) is 9.87 Å². The summed E-state index contributed by atoms with van der Waals surface area (Å²) in [4.78, 5) is 28.2. The summed E-state index contributed by atoms with van der Waals surface area (Å²) in [5, 5.41) is 3.45. The van der Waals surface area contributed by atoms with Gasteiger partial charge in [-0.3, -0.25) is 13.9 Å². The molecule has 0 aliphatic rings. The summed E-state index contributed by atoms with van der Waals surface area (Å²) in [5.74, 6) is -0.517. The number of carbonyl (C=O) groups excluding carboxylic acids is 2. The van der Waals surface area contributed by atoms with E-state index in [1.165, 1.54) is 36.3 Å². The van der Waals surface area contributed by atoms with Crippen molar-refractivity contribution in [2.45, 2.75) is 51.2 Å². The molecular weight excluding hydrogens is 573 g/mol. The minimum atomic E-state index is -4.20. The molecule has 0 fully saturated rings. The van der Waals surface area contributed by atoms with Crippen molar-refractivity contribution < 1.29 is 22.7 Å². The van der Waals surface area contributed by atoms with Gasteiger partial charge in [-0.1, -0.05) is 47.0 Å². The van der Waals surface area contributed by atoms with E-state index in [0.29, 0.717) is 27.0 Å². The van der Waals surface area contributed by atoms with Crippen LogP contribution in [-0.2, 0) is 26.2 Å². The third kappa shape index (κ3) is 7.47. The maximum atomic E-state index is 14.0. The molecule has 0 heterocycles. The molecule has 40 heavy (non-hydrogen) atoms. The molecule has 11 heteroatoms. The van der Waals surface area contributed by atoms with Crippen LogP contribution in [0, 0.1) is 6.92 Å². The van der Waals surface area contributed by atoms with Gasteiger partial charge in [0.2, 0.25) is 11.8 Å². The van der Waals surface area contributed by atoms with Crippen molar-refractivity contribution in [3.05, 3.63) is 87.9 Å². The van der Waals surface area contributed by atoms with Crippen LogP contribution in [0.2, 0.25) is 10.0 Å². The van der Waals surface area contributed by atoms with Crippen LogP contribution in [0.4, 0.5) is 5.69 Å². The maximum absolute atomic E-state index is 14.0. The molecule has 3 rings (SSSR count). The number of carbonyl (C=O) groups is 2. The number of methoxy groups -OCH3 is 1. The van der Waals surface area contributed by atoms with Crippen molar-refractivity contribution in [3.8, 4) is 5.75 Å². The first-order valence-electron chi connectivity index (χ1n) is 12.6. The molecule has 1 unspecified atom stereocenters. The molecule has 0 saturated heterocycles. The van der Waals surface area contributed by atoms with Crippen molar-refractivity contribution in [1.82, 2.24) is 10.2 Å². The lowest BCUT2D eigenvalue weighted by molar-refractivity contribution is -0.139. The number of amides is 2. The number of ether oxygens (including phenoxy) is 1. The molecule has 0 aliphatic heterocycles. The Morgan fingerprint density at radius 1 is 0.925 bits per heavy atom. The Hall–Kier alpha value is -3.27. The number of aryl methyl sites for hydroxylation is 1. The lowest BCUT2D eigenvalue weighted by Crippen LogP contribution is -2.52. The van der Waals surface area contributed by atoms with Gasteiger partial charge in [0.15, 0.2) is 0 Å². The number of benzene rings is 3. The van der Waals surface area contributed by atoms with Crippen molar-refractivity contribution in [2.24, 2.45) is 0 Å². The average molecular weight is 607 g/mol. The van der Waals surface area contributed by atoms with Crippen LogP contribution in [0.3, 0.4) is 0 Å². The number of nitrogens with zero attached hydrogens (tertiary/aromatic N) is 2. The maximum Gasteiger partial charge on any atom is 0.264 e. The second-order valence-electron chi connectivity index (χ2n) is 9.58. The highest BCUT2D eigenvalue weighted by atomic mass is 35.5. The van der Waals surface area contributed by atoms with Crippen LogP contribution in [-0.4, -0.2) is 50.9 Å². The smallest absolute Gasteiger partial charge is 0.264 e. The first kappa shape index (κ1) is 31.3. The van der Waals surface area contributed by atoms with Crippen LogP contribution in [0.1, 0.15) is 31.9 Å². The third-order valence-electron chi connectivity index (χ3n) is 6.24. The number of nitrogens with one attached hydrogen (secondary N) is 1. The Bertz CT molecular complexity index is 1430. The fourth-order valence-corrected chi connectivity index (χ4v) is 5.89. The molecule has 214 valence electrons. The minimum Gasteiger partial charge on any atom is -0.497 e. The quantitative estimate of drug-likeness (QED) is 0.313. The number of hydrogen-bond donors (Lipinski definition) is 1. The topological polar surface area (TPSA) is 96.0 Å². The molecule has 3 aromatic rings. The van der Waals surface area contributed by atoms with Gasteiger partial charge in [0.1, 0.15) is 18.3 Å². The van der Waals surface area contributed by atoms with Crippen LogP contribution in [0.25, 0.3) is 0 Å². The van der Waals surface area contributed by atoms with Crippen molar-refractivity contribution in [1.29, 1.82) is 0 Å². The Morgan fingerprint density at radius 3 is 2.02 bits per heavy atom. The molecule has 1 N–H and O–H groups in total. The fraction of sp³-hybridized carbons (Fsp3) is 0.310. The predicted octanol–water partition coefficient (Wildman–Crippen LogP) is 5.45. The normalized spacial score (nSPS) is 12.1. The van der Waals surface area contributed by atoms with Crippen LogP contribution in [0.5, 0.6) is 5.75 Å². The highest BCUT2D eigenvalue weighted by molar-refractivity contribution is 7.92. The summed E-state index contributed by atoms with van der Waals surface area (Å²) >= 11 is 12.8. The summed E-state index contributed by atoms with van der Waals surface area (Å²) in [7, 11) is -2.71. The number of sulfonamides is 1. The first-order valence-corrected chi connectivity index (χ1v) is 14.8. The van der Waals surface area contributed by atoms with E-state index >= 15 is 0 Å². The molecule has 0 radical (unpaired) electrons. The second-order valence-corrected chi connectivity index (χ2v) is 12.3. The Balaban J connectivity index is 2.06. The van der Waals surface area contributed by atoms with Gasteiger partial charge in [-0.15, -0.1) is 0 Å². The summed E-state index contributed by atoms with van der Waals surface area (Å²) < 4.78 is 34.0. The van der Waals surface area contributed by atoms with Gasteiger partial charge < -0.3 is 15.0 Å². The molecule has 3 aromatic carbocycles. The average Bonchev–Trinajstić information content (AvgIpc) is 2.91. The van der Waals surface area contributed by atoms with Gasteiger partial charge in [0.05, 0.1) is 17.7 Å². The standard InChI is InChI=1S/C29H33Cl2N3O5S/c1-19(2)32-29(36)21(4)33(17-25-26(30)7-6-8-27(25)31)28(35)18-34(22-11-9-20(3)10-12-22)40(37,38)24-15-13-23(39-5)14-16-24/h6-16,19,21H,17-18H2,1-5H3,(H,32,36). The zero-order valence-corrected chi connectivity index (χ0v) is 25.3. The Morgan fingerprint density at radius 2 is 1.50 bits per heavy atom. The Kier molecular flexibility index (Phi) is 10.5. The Labute approximate surface area is 245 Å². The van der Waals surface area contributed by atoms with Gasteiger partial charge >= 0.3 is 0 Å². The lowest BCUT2D eigenvalue weighted by Gasteiger charge is -2.32. The third-order valence-corrected chi connectivity index (χ3v) is 8.73. The van der Waals surface area contributed by atoms with Gasteiger partial charge in [0.25, 0.3) is 10.0 Å².